The minimum absolute atomic E-state index is 0.787. The van der Waals surface area contributed by atoms with Crippen LogP contribution in [0.5, 0.6) is 0 Å². The number of hydrogen-bond acceptors (Lipinski definition) is 0. The standard InChI is InChI=1S/C25H26NSi/c1-27(2,3)20-19-25(23-15-9-5-10-16-23)26(24-17-11-6-12-18-24)21-22-13-7-4-8-14-22/h4-18H,21H2,1-3H3/q+1. The minimum atomic E-state index is -1.50. The van der Waals surface area contributed by atoms with Crippen LogP contribution < -0.4 is 0 Å². The molecule has 0 amide bonds. The van der Waals surface area contributed by atoms with E-state index in [1.807, 2.05) is 0 Å². The molecule has 2 heteroatoms. The summed E-state index contributed by atoms with van der Waals surface area (Å²) in [5, 5.41) is 0. The predicted molar refractivity (Wildman–Crippen MR) is 118 cm³/mol. The van der Waals surface area contributed by atoms with Crippen LogP contribution in [-0.2, 0) is 6.54 Å². The Hall–Kier alpha value is -2.89. The van der Waals surface area contributed by atoms with E-state index in [0.717, 1.165) is 23.5 Å². The molecular formula is C25H26NSi+. The molecule has 0 spiro atoms. The lowest BCUT2D eigenvalue weighted by Crippen LogP contribution is -2.21. The van der Waals surface area contributed by atoms with Gasteiger partial charge in [0.15, 0.2) is 6.54 Å². The zero-order valence-corrected chi connectivity index (χ0v) is 17.3. The van der Waals surface area contributed by atoms with Gasteiger partial charge in [0.1, 0.15) is 8.07 Å². The molecule has 0 saturated heterocycles. The Morgan fingerprint density at radius 3 is 1.81 bits per heavy atom. The average molecular weight is 369 g/mol. The fourth-order valence-corrected chi connectivity index (χ4v) is 3.30. The number of nitrogens with zero attached hydrogens (tertiary/aromatic N) is 1. The molecule has 0 aliphatic carbocycles. The summed E-state index contributed by atoms with van der Waals surface area (Å²) in [6.45, 7) is 7.64. The van der Waals surface area contributed by atoms with Gasteiger partial charge in [0.05, 0.1) is 5.56 Å². The van der Waals surface area contributed by atoms with Crippen LogP contribution >= 0.6 is 0 Å². The smallest absolute Gasteiger partial charge is 0.180 e. The summed E-state index contributed by atoms with van der Waals surface area (Å²) in [7, 11) is -1.50. The third-order valence-corrected chi connectivity index (χ3v) is 5.00. The molecule has 0 heterocycles. The van der Waals surface area contributed by atoms with E-state index >= 15 is 0 Å². The van der Waals surface area contributed by atoms with Crippen LogP contribution in [0.4, 0.5) is 5.69 Å². The van der Waals surface area contributed by atoms with Gasteiger partial charge in [-0.25, -0.2) is 0 Å². The maximum Gasteiger partial charge on any atom is 0.264 e. The fourth-order valence-electron chi connectivity index (χ4n) is 2.81. The first kappa shape index (κ1) is 18.9. The quantitative estimate of drug-likeness (QED) is 0.233. The van der Waals surface area contributed by atoms with Crippen molar-refractivity contribution in [3.05, 3.63) is 102 Å². The van der Waals surface area contributed by atoms with Gasteiger partial charge in [-0.1, -0.05) is 86.4 Å². The summed E-state index contributed by atoms with van der Waals surface area (Å²) >= 11 is 0. The second kappa shape index (κ2) is 8.66. The van der Waals surface area contributed by atoms with Gasteiger partial charge in [-0.2, -0.15) is 4.58 Å². The first-order chi connectivity index (χ1) is 13.0. The van der Waals surface area contributed by atoms with Crippen LogP contribution in [-0.4, -0.2) is 18.4 Å². The van der Waals surface area contributed by atoms with Crippen LogP contribution in [0.2, 0.25) is 19.6 Å². The van der Waals surface area contributed by atoms with Crippen molar-refractivity contribution in [3.63, 3.8) is 0 Å². The fraction of sp³-hybridized carbons (Fsp3) is 0.160. The Kier molecular flexibility index (Phi) is 6.06. The van der Waals surface area contributed by atoms with Gasteiger partial charge < -0.3 is 0 Å². The Morgan fingerprint density at radius 2 is 1.26 bits per heavy atom. The molecule has 27 heavy (non-hydrogen) atoms. The van der Waals surface area contributed by atoms with E-state index < -0.39 is 8.07 Å². The molecule has 0 saturated carbocycles. The zero-order valence-electron chi connectivity index (χ0n) is 16.3. The summed E-state index contributed by atoms with van der Waals surface area (Å²) in [6.07, 6.45) is 0. The van der Waals surface area contributed by atoms with Crippen molar-refractivity contribution in [2.24, 2.45) is 0 Å². The van der Waals surface area contributed by atoms with Crippen molar-refractivity contribution in [2.75, 3.05) is 0 Å². The molecule has 0 aromatic heterocycles. The highest BCUT2D eigenvalue weighted by Crippen LogP contribution is 2.17. The Morgan fingerprint density at radius 1 is 0.741 bits per heavy atom. The molecule has 0 N–H and O–H groups in total. The molecular weight excluding hydrogens is 342 g/mol. The van der Waals surface area contributed by atoms with E-state index in [4.69, 9.17) is 0 Å². The Labute approximate surface area is 164 Å². The molecule has 0 aliphatic rings. The topological polar surface area (TPSA) is 3.01 Å². The Bertz CT molecular complexity index is 957. The van der Waals surface area contributed by atoms with Gasteiger partial charge in [0.25, 0.3) is 5.71 Å². The Balaban J connectivity index is 2.23. The van der Waals surface area contributed by atoms with Gasteiger partial charge in [0.2, 0.25) is 5.69 Å². The van der Waals surface area contributed by atoms with Crippen LogP contribution in [0.3, 0.4) is 0 Å². The highest BCUT2D eigenvalue weighted by Gasteiger charge is 2.19. The van der Waals surface area contributed by atoms with Gasteiger partial charge in [-0.15, -0.1) is 5.54 Å². The predicted octanol–water partition coefficient (Wildman–Crippen LogP) is 5.90. The first-order valence-electron chi connectivity index (χ1n) is 9.35. The van der Waals surface area contributed by atoms with Crippen molar-refractivity contribution in [2.45, 2.75) is 26.2 Å². The van der Waals surface area contributed by atoms with Crippen molar-refractivity contribution in [1.82, 2.24) is 0 Å². The van der Waals surface area contributed by atoms with Crippen molar-refractivity contribution in [1.29, 1.82) is 0 Å². The molecule has 0 radical (unpaired) electrons. The number of hydrogen-bond donors (Lipinski definition) is 0. The number of benzene rings is 3. The van der Waals surface area contributed by atoms with E-state index in [1.54, 1.807) is 0 Å². The lowest BCUT2D eigenvalue weighted by Gasteiger charge is -2.09. The maximum atomic E-state index is 3.57. The molecule has 3 aromatic carbocycles. The van der Waals surface area contributed by atoms with Crippen LogP contribution in [0.1, 0.15) is 11.1 Å². The van der Waals surface area contributed by atoms with E-state index in [1.165, 1.54) is 5.56 Å². The number of rotatable bonds is 4. The summed E-state index contributed by atoms with van der Waals surface area (Å²) in [6, 6.07) is 31.6. The number of para-hydroxylation sites is 1. The molecule has 3 rings (SSSR count). The molecule has 0 atom stereocenters. The van der Waals surface area contributed by atoms with Crippen LogP contribution in [0.25, 0.3) is 0 Å². The van der Waals surface area contributed by atoms with Crippen molar-refractivity contribution in [3.8, 4) is 11.5 Å². The molecule has 0 aliphatic heterocycles. The normalized spacial score (nSPS) is 12.0. The third kappa shape index (κ3) is 5.54. The average Bonchev–Trinajstić information content (AvgIpc) is 2.69. The molecule has 134 valence electrons. The molecule has 0 fully saturated rings. The zero-order chi connectivity index (χ0) is 19.1. The third-order valence-electron chi connectivity index (χ3n) is 4.12. The highest BCUT2D eigenvalue weighted by atomic mass is 28.3. The second-order valence-corrected chi connectivity index (χ2v) is 12.4. The van der Waals surface area contributed by atoms with Gasteiger partial charge >= 0.3 is 0 Å². The maximum absolute atomic E-state index is 3.57. The van der Waals surface area contributed by atoms with Crippen LogP contribution in [0.15, 0.2) is 91.0 Å². The molecule has 3 aromatic rings. The monoisotopic (exact) mass is 368 g/mol. The largest absolute Gasteiger partial charge is 0.264 e. The highest BCUT2D eigenvalue weighted by molar-refractivity contribution is 6.84. The lowest BCUT2D eigenvalue weighted by molar-refractivity contribution is -0.456. The molecule has 0 unspecified atom stereocenters. The minimum Gasteiger partial charge on any atom is -0.180 e. The first-order valence-corrected chi connectivity index (χ1v) is 12.8. The SMILES string of the molecule is C[Si](C)(C)C#CC(c1ccccc1)=[N+](Cc1ccccc1)c1ccccc1. The van der Waals surface area contributed by atoms with E-state index in [0.29, 0.717) is 0 Å². The van der Waals surface area contributed by atoms with Gasteiger partial charge in [-0.05, 0) is 18.1 Å². The lowest BCUT2D eigenvalue weighted by atomic mass is 10.1. The molecule has 0 bridgehead atoms. The van der Waals surface area contributed by atoms with E-state index in [2.05, 4.69) is 127 Å². The van der Waals surface area contributed by atoms with E-state index in [9.17, 15) is 0 Å². The van der Waals surface area contributed by atoms with Gasteiger partial charge in [0, 0.05) is 17.7 Å². The summed E-state index contributed by atoms with van der Waals surface area (Å²) < 4.78 is 2.33. The summed E-state index contributed by atoms with van der Waals surface area (Å²) in [5.74, 6) is 3.55. The van der Waals surface area contributed by atoms with Gasteiger partial charge in [-0.3, -0.25) is 0 Å². The van der Waals surface area contributed by atoms with Crippen LogP contribution in [0, 0.1) is 11.5 Å². The van der Waals surface area contributed by atoms with Crippen molar-refractivity contribution >= 4 is 19.5 Å². The summed E-state index contributed by atoms with van der Waals surface area (Å²) in [5.41, 5.74) is 8.21. The van der Waals surface area contributed by atoms with Crippen molar-refractivity contribution < 1.29 is 4.58 Å². The molecule has 1 nitrogen and oxygen atoms in total. The summed E-state index contributed by atoms with van der Waals surface area (Å²) in [4.78, 5) is 0. The second-order valence-electron chi connectivity index (χ2n) is 7.62. The van der Waals surface area contributed by atoms with E-state index in [-0.39, 0.29) is 0 Å².